The highest BCUT2D eigenvalue weighted by atomic mass is 19.1. The van der Waals surface area contributed by atoms with E-state index in [0.717, 1.165) is 24.9 Å². The van der Waals surface area contributed by atoms with Gasteiger partial charge in [0.15, 0.2) is 0 Å². The van der Waals surface area contributed by atoms with Crippen LogP contribution in [0.2, 0.25) is 0 Å². The standard InChI is InChI=1S/C18H22FN/c1-3-11-20-18(16-7-9-17(19)10-8-16)13-15-6-4-5-14(2)12-15/h4-10,12,18,20H,3,11,13H2,1-2H3. The summed E-state index contributed by atoms with van der Waals surface area (Å²) in [6.45, 7) is 5.23. The van der Waals surface area contributed by atoms with Crippen LogP contribution in [-0.2, 0) is 6.42 Å². The van der Waals surface area contributed by atoms with Crippen molar-refractivity contribution in [2.75, 3.05) is 6.54 Å². The predicted molar refractivity (Wildman–Crippen MR) is 82.3 cm³/mol. The molecule has 0 saturated heterocycles. The molecule has 106 valence electrons. The van der Waals surface area contributed by atoms with E-state index in [9.17, 15) is 4.39 Å². The van der Waals surface area contributed by atoms with Crippen LogP contribution in [0.4, 0.5) is 4.39 Å². The molecule has 0 fully saturated rings. The van der Waals surface area contributed by atoms with Crippen LogP contribution in [-0.4, -0.2) is 6.54 Å². The molecule has 0 spiro atoms. The first kappa shape index (κ1) is 14.7. The van der Waals surface area contributed by atoms with E-state index in [1.165, 1.54) is 23.3 Å². The van der Waals surface area contributed by atoms with E-state index in [0.29, 0.717) is 0 Å². The van der Waals surface area contributed by atoms with Crippen LogP contribution in [0.3, 0.4) is 0 Å². The van der Waals surface area contributed by atoms with Gasteiger partial charge in [0.1, 0.15) is 5.82 Å². The van der Waals surface area contributed by atoms with Crippen LogP contribution in [0.1, 0.15) is 36.1 Å². The van der Waals surface area contributed by atoms with Gasteiger partial charge in [0.05, 0.1) is 0 Å². The highest BCUT2D eigenvalue weighted by molar-refractivity contribution is 5.27. The third-order valence-corrected chi connectivity index (χ3v) is 3.44. The van der Waals surface area contributed by atoms with Gasteiger partial charge in [0.25, 0.3) is 0 Å². The predicted octanol–water partition coefficient (Wildman–Crippen LogP) is 4.42. The molecule has 0 aliphatic rings. The zero-order valence-electron chi connectivity index (χ0n) is 12.2. The highest BCUT2D eigenvalue weighted by Crippen LogP contribution is 2.19. The molecule has 0 bridgehead atoms. The molecular formula is C18H22FN. The van der Waals surface area contributed by atoms with Crippen molar-refractivity contribution in [2.24, 2.45) is 0 Å². The van der Waals surface area contributed by atoms with Crippen LogP contribution < -0.4 is 5.32 Å². The van der Waals surface area contributed by atoms with Crippen molar-refractivity contribution in [2.45, 2.75) is 32.7 Å². The average Bonchev–Trinajstić information content (AvgIpc) is 2.44. The minimum absolute atomic E-state index is 0.182. The van der Waals surface area contributed by atoms with Gasteiger partial charge in [-0.05, 0) is 49.6 Å². The van der Waals surface area contributed by atoms with Gasteiger partial charge < -0.3 is 5.32 Å². The third-order valence-electron chi connectivity index (χ3n) is 3.44. The van der Waals surface area contributed by atoms with Crippen LogP contribution in [0.15, 0.2) is 48.5 Å². The van der Waals surface area contributed by atoms with Crippen LogP contribution in [0.25, 0.3) is 0 Å². The molecule has 0 saturated carbocycles. The van der Waals surface area contributed by atoms with Gasteiger partial charge >= 0.3 is 0 Å². The van der Waals surface area contributed by atoms with Crippen molar-refractivity contribution < 1.29 is 4.39 Å². The maximum absolute atomic E-state index is 13.1. The summed E-state index contributed by atoms with van der Waals surface area (Å²) in [4.78, 5) is 0. The molecule has 0 heterocycles. The Hall–Kier alpha value is -1.67. The topological polar surface area (TPSA) is 12.0 Å². The normalized spacial score (nSPS) is 12.3. The van der Waals surface area contributed by atoms with Gasteiger partial charge in [0.2, 0.25) is 0 Å². The minimum Gasteiger partial charge on any atom is -0.310 e. The van der Waals surface area contributed by atoms with Gasteiger partial charge in [-0.25, -0.2) is 4.39 Å². The van der Waals surface area contributed by atoms with E-state index in [4.69, 9.17) is 0 Å². The Morgan fingerprint density at radius 2 is 1.85 bits per heavy atom. The first-order valence-corrected chi connectivity index (χ1v) is 7.23. The SMILES string of the molecule is CCCNC(Cc1cccc(C)c1)c1ccc(F)cc1. The number of hydrogen-bond acceptors (Lipinski definition) is 1. The molecule has 20 heavy (non-hydrogen) atoms. The quantitative estimate of drug-likeness (QED) is 0.820. The van der Waals surface area contributed by atoms with Crippen molar-refractivity contribution in [1.82, 2.24) is 5.32 Å². The van der Waals surface area contributed by atoms with Crippen LogP contribution in [0, 0.1) is 12.7 Å². The summed E-state index contributed by atoms with van der Waals surface area (Å²) < 4.78 is 13.1. The zero-order valence-corrected chi connectivity index (χ0v) is 12.2. The summed E-state index contributed by atoms with van der Waals surface area (Å²) in [7, 11) is 0. The van der Waals surface area contributed by atoms with Gasteiger partial charge in [-0.2, -0.15) is 0 Å². The highest BCUT2D eigenvalue weighted by Gasteiger charge is 2.11. The fourth-order valence-corrected chi connectivity index (χ4v) is 2.40. The number of halogens is 1. The molecule has 0 aromatic heterocycles. The molecule has 2 heteroatoms. The van der Waals surface area contributed by atoms with Crippen LogP contribution >= 0.6 is 0 Å². The lowest BCUT2D eigenvalue weighted by Crippen LogP contribution is -2.24. The number of nitrogens with one attached hydrogen (secondary N) is 1. The van der Waals surface area contributed by atoms with Gasteiger partial charge in [-0.1, -0.05) is 48.9 Å². The average molecular weight is 271 g/mol. The monoisotopic (exact) mass is 271 g/mol. The molecule has 1 unspecified atom stereocenters. The smallest absolute Gasteiger partial charge is 0.123 e. The van der Waals surface area contributed by atoms with E-state index < -0.39 is 0 Å². The maximum atomic E-state index is 13.1. The molecule has 1 nitrogen and oxygen atoms in total. The molecule has 0 amide bonds. The summed E-state index contributed by atoms with van der Waals surface area (Å²) >= 11 is 0. The largest absolute Gasteiger partial charge is 0.310 e. The van der Waals surface area contributed by atoms with Gasteiger partial charge in [0, 0.05) is 6.04 Å². The minimum atomic E-state index is -0.182. The Labute approximate surface area is 120 Å². The van der Waals surface area contributed by atoms with Crippen molar-refractivity contribution in [3.05, 3.63) is 71.0 Å². The first-order valence-electron chi connectivity index (χ1n) is 7.23. The van der Waals surface area contributed by atoms with E-state index >= 15 is 0 Å². The number of rotatable bonds is 6. The molecule has 0 aliphatic carbocycles. The third kappa shape index (κ3) is 4.17. The Morgan fingerprint density at radius 3 is 2.50 bits per heavy atom. The van der Waals surface area contributed by atoms with E-state index in [1.807, 2.05) is 12.1 Å². The van der Waals surface area contributed by atoms with E-state index in [2.05, 4.69) is 43.4 Å². The molecular weight excluding hydrogens is 249 g/mol. The molecule has 2 rings (SSSR count). The first-order chi connectivity index (χ1) is 9.69. The second-order valence-corrected chi connectivity index (χ2v) is 5.25. The maximum Gasteiger partial charge on any atom is 0.123 e. The number of benzene rings is 2. The summed E-state index contributed by atoms with van der Waals surface area (Å²) in [6.07, 6.45) is 2.01. The van der Waals surface area contributed by atoms with Crippen molar-refractivity contribution in [1.29, 1.82) is 0 Å². The Morgan fingerprint density at radius 1 is 1.10 bits per heavy atom. The fraction of sp³-hybridized carbons (Fsp3) is 0.333. The van der Waals surface area contributed by atoms with E-state index in [1.54, 1.807) is 0 Å². The van der Waals surface area contributed by atoms with E-state index in [-0.39, 0.29) is 11.9 Å². The second-order valence-electron chi connectivity index (χ2n) is 5.25. The summed E-state index contributed by atoms with van der Waals surface area (Å²) in [5.41, 5.74) is 3.72. The molecule has 0 aliphatic heterocycles. The van der Waals surface area contributed by atoms with Crippen molar-refractivity contribution in [3.63, 3.8) is 0 Å². The van der Waals surface area contributed by atoms with Gasteiger partial charge in [-0.3, -0.25) is 0 Å². The Bertz CT molecular complexity index is 533. The van der Waals surface area contributed by atoms with Crippen molar-refractivity contribution in [3.8, 4) is 0 Å². The fourth-order valence-electron chi connectivity index (χ4n) is 2.40. The number of aryl methyl sites for hydroxylation is 1. The van der Waals surface area contributed by atoms with Gasteiger partial charge in [-0.15, -0.1) is 0 Å². The summed E-state index contributed by atoms with van der Waals surface area (Å²) in [5.74, 6) is -0.182. The molecule has 2 aromatic rings. The Kier molecular flexibility index (Phi) is 5.31. The second kappa shape index (κ2) is 7.20. The lowest BCUT2D eigenvalue weighted by atomic mass is 9.97. The van der Waals surface area contributed by atoms with Crippen molar-refractivity contribution >= 4 is 0 Å². The van der Waals surface area contributed by atoms with Crippen LogP contribution in [0.5, 0.6) is 0 Å². The number of hydrogen-bond donors (Lipinski definition) is 1. The lowest BCUT2D eigenvalue weighted by molar-refractivity contribution is 0.527. The summed E-state index contributed by atoms with van der Waals surface area (Å²) in [5, 5.41) is 3.55. The lowest BCUT2D eigenvalue weighted by Gasteiger charge is -2.19. The molecule has 1 atom stereocenters. The summed E-state index contributed by atoms with van der Waals surface area (Å²) in [6, 6.07) is 15.6. The Balaban J connectivity index is 2.16. The molecule has 0 radical (unpaired) electrons. The molecule has 2 aromatic carbocycles. The zero-order chi connectivity index (χ0) is 14.4. The molecule has 1 N–H and O–H groups in total.